The van der Waals surface area contributed by atoms with Crippen LogP contribution < -0.4 is 11.4 Å². The molecule has 1 aromatic heterocycles. The van der Waals surface area contributed by atoms with Crippen LogP contribution in [0.15, 0.2) is 35.4 Å². The SMILES string of the molecule is CCCn1ccn(Cc2ccc(CN)cc2Cl)c1=O. The van der Waals surface area contributed by atoms with Gasteiger partial charge in [-0.15, -0.1) is 0 Å². The van der Waals surface area contributed by atoms with Crippen LogP contribution in [0.1, 0.15) is 24.5 Å². The summed E-state index contributed by atoms with van der Waals surface area (Å²) in [6, 6.07) is 5.72. The number of nitrogens with zero attached hydrogens (tertiary/aromatic N) is 2. The summed E-state index contributed by atoms with van der Waals surface area (Å²) in [4.78, 5) is 12.1. The molecule has 0 unspecified atom stereocenters. The van der Waals surface area contributed by atoms with Crippen molar-refractivity contribution in [3.63, 3.8) is 0 Å². The highest BCUT2D eigenvalue weighted by Crippen LogP contribution is 2.18. The van der Waals surface area contributed by atoms with Crippen LogP contribution in [0.2, 0.25) is 5.02 Å². The van der Waals surface area contributed by atoms with Gasteiger partial charge in [0.25, 0.3) is 0 Å². The molecule has 0 aliphatic carbocycles. The number of imidazole rings is 1. The third-order valence-electron chi connectivity index (χ3n) is 3.08. The lowest BCUT2D eigenvalue weighted by molar-refractivity contribution is 0.624. The van der Waals surface area contributed by atoms with Crippen LogP contribution in [-0.4, -0.2) is 9.13 Å². The van der Waals surface area contributed by atoms with E-state index in [0.717, 1.165) is 24.1 Å². The summed E-state index contributed by atoms with van der Waals surface area (Å²) in [5.41, 5.74) is 7.48. The maximum atomic E-state index is 12.1. The molecule has 0 saturated carbocycles. The van der Waals surface area contributed by atoms with Crippen LogP contribution in [0, 0.1) is 0 Å². The summed E-state index contributed by atoms with van der Waals surface area (Å²) in [5.74, 6) is 0. The third kappa shape index (κ3) is 3.08. The highest BCUT2D eigenvalue weighted by atomic mass is 35.5. The molecule has 0 spiro atoms. The minimum atomic E-state index is 0.000757. The van der Waals surface area contributed by atoms with Crippen molar-refractivity contribution in [1.29, 1.82) is 0 Å². The monoisotopic (exact) mass is 279 g/mol. The zero-order valence-electron chi connectivity index (χ0n) is 11.0. The quantitative estimate of drug-likeness (QED) is 0.912. The maximum Gasteiger partial charge on any atom is 0.328 e. The molecule has 102 valence electrons. The molecule has 0 bridgehead atoms. The third-order valence-corrected chi connectivity index (χ3v) is 3.43. The molecule has 0 aliphatic heterocycles. The summed E-state index contributed by atoms with van der Waals surface area (Å²) < 4.78 is 3.38. The van der Waals surface area contributed by atoms with E-state index in [1.807, 2.05) is 31.3 Å². The predicted molar refractivity (Wildman–Crippen MR) is 77.4 cm³/mol. The highest BCUT2D eigenvalue weighted by Gasteiger charge is 2.06. The number of nitrogens with two attached hydrogens (primary N) is 1. The Morgan fingerprint density at radius 3 is 2.63 bits per heavy atom. The number of aryl methyl sites for hydroxylation is 1. The van der Waals surface area contributed by atoms with Gasteiger partial charge in [-0.25, -0.2) is 4.79 Å². The number of aromatic nitrogens is 2. The van der Waals surface area contributed by atoms with Crippen molar-refractivity contribution >= 4 is 11.6 Å². The van der Waals surface area contributed by atoms with Gasteiger partial charge in [-0.2, -0.15) is 0 Å². The number of hydrogen-bond donors (Lipinski definition) is 1. The Labute approximate surface area is 117 Å². The molecule has 2 aromatic rings. The number of halogens is 1. The first-order valence-corrected chi connectivity index (χ1v) is 6.76. The average molecular weight is 280 g/mol. The molecular formula is C14H18ClN3O. The van der Waals surface area contributed by atoms with Crippen molar-refractivity contribution in [2.24, 2.45) is 5.73 Å². The number of hydrogen-bond acceptors (Lipinski definition) is 2. The lowest BCUT2D eigenvalue weighted by Gasteiger charge is -2.06. The lowest BCUT2D eigenvalue weighted by atomic mass is 10.1. The maximum absolute atomic E-state index is 12.1. The molecule has 19 heavy (non-hydrogen) atoms. The van der Waals surface area contributed by atoms with E-state index in [0.29, 0.717) is 18.1 Å². The van der Waals surface area contributed by atoms with Crippen LogP contribution in [0.3, 0.4) is 0 Å². The Kier molecular flexibility index (Phi) is 4.45. The van der Waals surface area contributed by atoms with Gasteiger partial charge in [-0.3, -0.25) is 9.13 Å². The molecule has 0 atom stereocenters. The normalized spacial score (nSPS) is 10.9. The zero-order chi connectivity index (χ0) is 13.8. The van der Waals surface area contributed by atoms with E-state index in [4.69, 9.17) is 17.3 Å². The van der Waals surface area contributed by atoms with Crippen LogP contribution in [0.25, 0.3) is 0 Å². The minimum Gasteiger partial charge on any atom is -0.326 e. The van der Waals surface area contributed by atoms with Crippen molar-refractivity contribution < 1.29 is 0 Å². The van der Waals surface area contributed by atoms with Gasteiger partial charge in [-0.1, -0.05) is 30.7 Å². The fraction of sp³-hybridized carbons (Fsp3) is 0.357. The summed E-state index contributed by atoms with van der Waals surface area (Å²) >= 11 is 6.20. The molecule has 0 saturated heterocycles. The van der Waals surface area contributed by atoms with Crippen molar-refractivity contribution in [2.75, 3.05) is 0 Å². The van der Waals surface area contributed by atoms with E-state index in [9.17, 15) is 4.79 Å². The average Bonchev–Trinajstić information content (AvgIpc) is 2.74. The van der Waals surface area contributed by atoms with Crippen molar-refractivity contribution in [2.45, 2.75) is 33.0 Å². The van der Waals surface area contributed by atoms with E-state index in [2.05, 4.69) is 0 Å². The van der Waals surface area contributed by atoms with E-state index in [1.165, 1.54) is 0 Å². The van der Waals surface area contributed by atoms with Crippen molar-refractivity contribution in [3.05, 3.63) is 57.2 Å². The van der Waals surface area contributed by atoms with Gasteiger partial charge in [0.05, 0.1) is 6.54 Å². The van der Waals surface area contributed by atoms with Gasteiger partial charge in [0, 0.05) is 30.5 Å². The molecule has 1 heterocycles. The highest BCUT2D eigenvalue weighted by molar-refractivity contribution is 6.31. The number of benzene rings is 1. The van der Waals surface area contributed by atoms with E-state index in [-0.39, 0.29) is 5.69 Å². The first-order chi connectivity index (χ1) is 9.15. The van der Waals surface area contributed by atoms with Crippen LogP contribution in [0.4, 0.5) is 0 Å². The predicted octanol–water partition coefficient (Wildman–Crippen LogP) is 2.22. The van der Waals surface area contributed by atoms with E-state index in [1.54, 1.807) is 15.3 Å². The number of rotatable bonds is 5. The molecule has 0 aliphatic rings. The largest absolute Gasteiger partial charge is 0.328 e. The summed E-state index contributed by atoms with van der Waals surface area (Å²) in [7, 11) is 0. The molecule has 5 heteroatoms. The van der Waals surface area contributed by atoms with Crippen LogP contribution in [0.5, 0.6) is 0 Å². The summed E-state index contributed by atoms with van der Waals surface area (Å²) in [6.07, 6.45) is 4.55. The smallest absolute Gasteiger partial charge is 0.326 e. The fourth-order valence-electron chi connectivity index (χ4n) is 2.01. The minimum absolute atomic E-state index is 0.000757. The van der Waals surface area contributed by atoms with Gasteiger partial charge >= 0.3 is 5.69 Å². The molecule has 1 aromatic carbocycles. The standard InChI is InChI=1S/C14H18ClN3O/c1-2-5-17-6-7-18(14(17)19)10-12-4-3-11(9-16)8-13(12)15/h3-4,6-8H,2,5,9-10,16H2,1H3. The Morgan fingerprint density at radius 1 is 1.26 bits per heavy atom. The molecular weight excluding hydrogens is 262 g/mol. The van der Waals surface area contributed by atoms with E-state index < -0.39 is 0 Å². The lowest BCUT2D eigenvalue weighted by Crippen LogP contribution is -2.24. The molecule has 2 N–H and O–H groups in total. The van der Waals surface area contributed by atoms with Gasteiger partial charge in [0.1, 0.15) is 0 Å². The topological polar surface area (TPSA) is 52.9 Å². The van der Waals surface area contributed by atoms with Crippen molar-refractivity contribution in [1.82, 2.24) is 9.13 Å². The Morgan fingerprint density at radius 2 is 2.00 bits per heavy atom. The van der Waals surface area contributed by atoms with Gasteiger partial charge in [-0.05, 0) is 23.6 Å². The van der Waals surface area contributed by atoms with Gasteiger partial charge in [0.15, 0.2) is 0 Å². The second kappa shape index (κ2) is 6.08. The zero-order valence-corrected chi connectivity index (χ0v) is 11.7. The van der Waals surface area contributed by atoms with Crippen LogP contribution >= 0.6 is 11.6 Å². The fourth-order valence-corrected chi connectivity index (χ4v) is 2.28. The Bertz CT molecular complexity index is 615. The summed E-state index contributed by atoms with van der Waals surface area (Å²) in [5, 5.41) is 0.651. The van der Waals surface area contributed by atoms with Crippen molar-refractivity contribution in [3.8, 4) is 0 Å². The molecule has 0 radical (unpaired) electrons. The van der Waals surface area contributed by atoms with Gasteiger partial charge < -0.3 is 5.73 Å². The molecule has 0 fully saturated rings. The van der Waals surface area contributed by atoms with Gasteiger partial charge in [0.2, 0.25) is 0 Å². The first kappa shape index (κ1) is 13.9. The Balaban J connectivity index is 2.24. The molecule has 2 rings (SSSR count). The Hall–Kier alpha value is -1.52. The molecule has 0 amide bonds. The van der Waals surface area contributed by atoms with Crippen LogP contribution in [-0.2, 0) is 19.6 Å². The summed E-state index contributed by atoms with van der Waals surface area (Å²) in [6.45, 7) is 3.74. The molecule has 4 nitrogen and oxygen atoms in total. The second-order valence-electron chi connectivity index (χ2n) is 4.53. The first-order valence-electron chi connectivity index (χ1n) is 6.38. The second-order valence-corrected chi connectivity index (χ2v) is 4.94. The van der Waals surface area contributed by atoms with E-state index >= 15 is 0 Å².